The lowest BCUT2D eigenvalue weighted by Crippen LogP contribution is -2.42. The molecule has 1 aliphatic rings. The summed E-state index contributed by atoms with van der Waals surface area (Å²) in [5.74, 6) is 0. The van der Waals surface area contributed by atoms with Gasteiger partial charge in [0.1, 0.15) is 0 Å². The smallest absolute Gasteiger partial charge is 0.0594 e. The van der Waals surface area contributed by atoms with E-state index in [-0.39, 0.29) is 0 Å². The second kappa shape index (κ2) is 6.38. The van der Waals surface area contributed by atoms with Gasteiger partial charge in [-0.15, -0.1) is 0 Å². The number of hydrogen-bond donors (Lipinski definition) is 0. The summed E-state index contributed by atoms with van der Waals surface area (Å²) in [5, 5.41) is 0. The fourth-order valence-corrected chi connectivity index (χ4v) is 1.90. The molecule has 0 aromatic rings. The Morgan fingerprint density at radius 3 is 2.50 bits per heavy atom. The summed E-state index contributed by atoms with van der Waals surface area (Å²) in [6.07, 6.45) is 2.60. The predicted molar refractivity (Wildman–Crippen MR) is 59.6 cm³/mol. The van der Waals surface area contributed by atoms with Crippen molar-refractivity contribution < 1.29 is 4.74 Å². The summed E-state index contributed by atoms with van der Waals surface area (Å²) in [6.45, 7) is 7.60. The van der Waals surface area contributed by atoms with Crippen molar-refractivity contribution in [2.24, 2.45) is 0 Å². The van der Waals surface area contributed by atoms with Gasteiger partial charge >= 0.3 is 0 Å². The molecule has 1 saturated heterocycles. The van der Waals surface area contributed by atoms with E-state index in [0.717, 1.165) is 32.3 Å². The van der Waals surface area contributed by atoms with Gasteiger partial charge in [0.2, 0.25) is 0 Å². The molecular weight excluding hydrogens is 176 g/mol. The highest BCUT2D eigenvalue weighted by Crippen LogP contribution is 2.09. The molecule has 0 aliphatic carbocycles. The predicted octanol–water partition coefficient (Wildman–Crippen LogP) is 1.05. The van der Waals surface area contributed by atoms with Crippen LogP contribution in [-0.2, 0) is 4.74 Å². The Morgan fingerprint density at radius 1 is 1.29 bits per heavy atom. The van der Waals surface area contributed by atoms with E-state index in [0.29, 0.717) is 0 Å². The molecule has 1 fully saturated rings. The van der Waals surface area contributed by atoms with Crippen LogP contribution in [0.5, 0.6) is 0 Å². The normalized spacial score (nSPS) is 21.4. The molecule has 14 heavy (non-hydrogen) atoms. The molecule has 0 N–H and O–H groups in total. The fraction of sp³-hybridized carbons (Fsp3) is 1.00. The maximum Gasteiger partial charge on any atom is 0.0594 e. The van der Waals surface area contributed by atoms with E-state index in [9.17, 15) is 0 Å². The van der Waals surface area contributed by atoms with Crippen molar-refractivity contribution in [3.63, 3.8) is 0 Å². The first kappa shape index (κ1) is 12.0. The number of nitrogens with zero attached hydrogens (tertiary/aromatic N) is 2. The molecule has 1 aliphatic heterocycles. The maximum atomic E-state index is 5.34. The lowest BCUT2D eigenvalue weighted by molar-refractivity contribution is 0.0180. The van der Waals surface area contributed by atoms with Crippen molar-refractivity contribution in [3.05, 3.63) is 0 Å². The summed E-state index contributed by atoms with van der Waals surface area (Å²) in [7, 11) is 4.28. The zero-order valence-electron chi connectivity index (χ0n) is 9.83. The van der Waals surface area contributed by atoms with Gasteiger partial charge in [-0.2, -0.15) is 0 Å². The molecule has 3 nitrogen and oxygen atoms in total. The molecule has 0 amide bonds. The topological polar surface area (TPSA) is 15.7 Å². The van der Waals surface area contributed by atoms with Crippen molar-refractivity contribution >= 4 is 0 Å². The van der Waals surface area contributed by atoms with E-state index < -0.39 is 0 Å². The Labute approximate surface area is 88.0 Å². The summed E-state index contributed by atoms with van der Waals surface area (Å²) in [5.41, 5.74) is 0. The third-order valence-corrected chi connectivity index (χ3v) is 2.90. The zero-order valence-corrected chi connectivity index (χ0v) is 9.83. The Balaban J connectivity index is 2.10. The molecular formula is C11H24N2O. The highest BCUT2D eigenvalue weighted by molar-refractivity contribution is 4.70. The first-order valence-electron chi connectivity index (χ1n) is 5.66. The van der Waals surface area contributed by atoms with Crippen molar-refractivity contribution in [1.29, 1.82) is 0 Å². The van der Waals surface area contributed by atoms with E-state index in [1.165, 1.54) is 19.4 Å². The van der Waals surface area contributed by atoms with Gasteiger partial charge in [0.05, 0.1) is 13.2 Å². The van der Waals surface area contributed by atoms with Crippen LogP contribution in [0.15, 0.2) is 0 Å². The summed E-state index contributed by atoms with van der Waals surface area (Å²) in [4.78, 5) is 4.80. The lowest BCUT2D eigenvalue weighted by Gasteiger charge is -2.32. The molecule has 3 heteroatoms. The van der Waals surface area contributed by atoms with Gasteiger partial charge in [-0.1, -0.05) is 0 Å². The third-order valence-electron chi connectivity index (χ3n) is 2.90. The average Bonchev–Trinajstić information content (AvgIpc) is 2.18. The number of hydrogen-bond acceptors (Lipinski definition) is 3. The maximum absolute atomic E-state index is 5.34. The van der Waals surface area contributed by atoms with Gasteiger partial charge in [0.25, 0.3) is 0 Å². The highest BCUT2D eigenvalue weighted by atomic mass is 16.5. The average molecular weight is 200 g/mol. The Morgan fingerprint density at radius 2 is 1.93 bits per heavy atom. The Bertz CT molecular complexity index is 144. The molecule has 0 bridgehead atoms. The largest absolute Gasteiger partial charge is 0.379 e. The van der Waals surface area contributed by atoms with Crippen molar-refractivity contribution in [2.45, 2.75) is 25.8 Å². The first-order valence-corrected chi connectivity index (χ1v) is 5.66. The standard InChI is InChI=1S/C11H24N2O/c1-11(5-4-6-12(2)3)13-7-9-14-10-8-13/h11H,4-10H2,1-3H3. The zero-order chi connectivity index (χ0) is 10.4. The molecule has 1 unspecified atom stereocenters. The molecule has 0 aromatic heterocycles. The molecule has 0 spiro atoms. The van der Waals surface area contributed by atoms with Gasteiger partial charge < -0.3 is 9.64 Å². The van der Waals surface area contributed by atoms with Crippen LogP contribution < -0.4 is 0 Å². The van der Waals surface area contributed by atoms with Crippen molar-refractivity contribution in [1.82, 2.24) is 9.80 Å². The third kappa shape index (κ3) is 4.40. The SMILES string of the molecule is CC(CCCN(C)C)N1CCOCC1. The number of ether oxygens (including phenoxy) is 1. The quantitative estimate of drug-likeness (QED) is 0.660. The van der Waals surface area contributed by atoms with E-state index in [1.54, 1.807) is 0 Å². The van der Waals surface area contributed by atoms with Crippen LogP contribution >= 0.6 is 0 Å². The van der Waals surface area contributed by atoms with Crippen LogP contribution in [0.4, 0.5) is 0 Å². The molecule has 1 heterocycles. The monoisotopic (exact) mass is 200 g/mol. The second-order valence-corrected chi connectivity index (χ2v) is 4.44. The fourth-order valence-electron chi connectivity index (χ4n) is 1.90. The molecule has 0 aromatic carbocycles. The van der Waals surface area contributed by atoms with Gasteiger partial charge in [-0.05, 0) is 40.4 Å². The van der Waals surface area contributed by atoms with Crippen LogP contribution in [0.3, 0.4) is 0 Å². The molecule has 0 radical (unpaired) electrons. The van der Waals surface area contributed by atoms with E-state index in [4.69, 9.17) is 4.74 Å². The summed E-state index contributed by atoms with van der Waals surface area (Å²) < 4.78 is 5.34. The van der Waals surface area contributed by atoms with E-state index >= 15 is 0 Å². The van der Waals surface area contributed by atoms with Gasteiger partial charge in [-0.25, -0.2) is 0 Å². The Hall–Kier alpha value is -0.120. The van der Waals surface area contributed by atoms with Crippen LogP contribution in [0.1, 0.15) is 19.8 Å². The van der Waals surface area contributed by atoms with E-state index in [1.807, 2.05) is 0 Å². The Kier molecular flexibility index (Phi) is 5.45. The van der Waals surface area contributed by atoms with Crippen molar-refractivity contribution in [3.8, 4) is 0 Å². The molecule has 1 rings (SSSR count). The van der Waals surface area contributed by atoms with Crippen molar-refractivity contribution in [2.75, 3.05) is 46.9 Å². The molecule has 1 atom stereocenters. The molecule has 0 saturated carbocycles. The van der Waals surface area contributed by atoms with Crippen LogP contribution in [-0.4, -0.2) is 62.8 Å². The number of rotatable bonds is 5. The lowest BCUT2D eigenvalue weighted by atomic mass is 10.1. The van der Waals surface area contributed by atoms with Gasteiger partial charge in [0, 0.05) is 19.1 Å². The minimum atomic E-state index is 0.721. The first-order chi connectivity index (χ1) is 6.70. The summed E-state index contributed by atoms with van der Waals surface area (Å²) >= 11 is 0. The van der Waals surface area contributed by atoms with Crippen LogP contribution in [0.25, 0.3) is 0 Å². The second-order valence-electron chi connectivity index (χ2n) is 4.44. The highest BCUT2D eigenvalue weighted by Gasteiger charge is 2.16. The molecule has 84 valence electrons. The van der Waals surface area contributed by atoms with Crippen LogP contribution in [0, 0.1) is 0 Å². The van der Waals surface area contributed by atoms with E-state index in [2.05, 4.69) is 30.8 Å². The van der Waals surface area contributed by atoms with Gasteiger partial charge in [0.15, 0.2) is 0 Å². The minimum Gasteiger partial charge on any atom is -0.379 e. The minimum absolute atomic E-state index is 0.721. The summed E-state index contributed by atoms with van der Waals surface area (Å²) in [6, 6.07) is 0.721. The van der Waals surface area contributed by atoms with Crippen LogP contribution in [0.2, 0.25) is 0 Å². The van der Waals surface area contributed by atoms with Gasteiger partial charge in [-0.3, -0.25) is 4.90 Å². The number of morpholine rings is 1.